The van der Waals surface area contributed by atoms with E-state index in [2.05, 4.69) is 154 Å². The van der Waals surface area contributed by atoms with E-state index in [1.54, 1.807) is 0 Å². The SMILES string of the molecule is CC(C)(C)c1ccnc(-n2c3[c-]cccc3c3ccccc32)c1.CC(C)c1cccc(C(C)C)c1B1c2c(cnn2-c2[c-]cccc2)N=C2C=CC=CN12.[Ir]. The number of aromatic nitrogens is 4. The van der Waals surface area contributed by atoms with E-state index in [9.17, 15) is 0 Å². The van der Waals surface area contributed by atoms with Crippen LogP contribution in [-0.4, -0.2) is 36.8 Å². The molecule has 2 aliphatic heterocycles. The van der Waals surface area contributed by atoms with Gasteiger partial charge in [0.05, 0.1) is 11.8 Å². The molecule has 9 rings (SSSR count). The second-order valence-electron chi connectivity index (χ2n) is 15.7. The molecule has 4 aromatic carbocycles. The second kappa shape index (κ2) is 15.4. The van der Waals surface area contributed by atoms with Crippen LogP contribution in [0.2, 0.25) is 0 Å². The number of rotatable bonds is 5. The molecular weight excluding hydrogens is 852 g/mol. The Morgan fingerprint density at radius 3 is 2.22 bits per heavy atom. The number of allylic oxidation sites excluding steroid dienone is 2. The van der Waals surface area contributed by atoms with Gasteiger partial charge >= 0.3 is 6.85 Å². The summed E-state index contributed by atoms with van der Waals surface area (Å²) in [7, 11) is 0. The van der Waals surface area contributed by atoms with Crippen LogP contribution in [0.15, 0.2) is 139 Å². The molecule has 3 aromatic heterocycles. The smallest absolute Gasteiger partial charge is 0.352 e. The molecule has 0 saturated heterocycles. The van der Waals surface area contributed by atoms with Crippen molar-refractivity contribution in [2.75, 3.05) is 0 Å². The Morgan fingerprint density at radius 2 is 1.49 bits per heavy atom. The molecule has 0 fully saturated rings. The van der Waals surface area contributed by atoms with Crippen LogP contribution in [0, 0.1) is 12.1 Å². The molecule has 2 aliphatic rings. The summed E-state index contributed by atoms with van der Waals surface area (Å²) < 4.78 is 4.22. The van der Waals surface area contributed by atoms with Crippen molar-refractivity contribution in [3.63, 3.8) is 0 Å². The first-order valence-corrected chi connectivity index (χ1v) is 18.9. The summed E-state index contributed by atoms with van der Waals surface area (Å²) in [4.78, 5) is 11.9. The van der Waals surface area contributed by atoms with Crippen molar-refractivity contribution in [2.24, 2.45) is 4.99 Å². The van der Waals surface area contributed by atoms with Gasteiger partial charge in [0.25, 0.3) is 0 Å². The van der Waals surface area contributed by atoms with Crippen molar-refractivity contribution in [2.45, 2.75) is 65.7 Å². The maximum atomic E-state index is 4.95. The summed E-state index contributed by atoms with van der Waals surface area (Å²) in [5, 5.41) is 7.21. The molecule has 5 heterocycles. The van der Waals surface area contributed by atoms with E-state index in [1.165, 1.54) is 38.4 Å². The number of fused-ring (bicyclic) bond motifs is 5. The third kappa shape index (κ3) is 7.06. The zero-order valence-electron chi connectivity index (χ0n) is 32.5. The summed E-state index contributed by atoms with van der Waals surface area (Å²) >= 11 is 0. The van der Waals surface area contributed by atoms with Crippen molar-refractivity contribution in [3.8, 4) is 11.5 Å². The van der Waals surface area contributed by atoms with Crippen molar-refractivity contribution >= 4 is 51.2 Å². The van der Waals surface area contributed by atoms with Crippen LogP contribution in [0.25, 0.3) is 33.3 Å². The van der Waals surface area contributed by atoms with Gasteiger partial charge in [-0.25, -0.2) is 9.98 Å². The van der Waals surface area contributed by atoms with E-state index in [-0.39, 0.29) is 32.4 Å². The number of pyridine rings is 1. The monoisotopic (exact) mass is 897 g/mol. The second-order valence-corrected chi connectivity index (χ2v) is 15.7. The fourth-order valence-corrected chi connectivity index (χ4v) is 7.71. The van der Waals surface area contributed by atoms with Crippen molar-refractivity contribution in [1.82, 2.24) is 24.1 Å². The topological polar surface area (TPSA) is 51.2 Å². The van der Waals surface area contributed by atoms with Crippen molar-refractivity contribution in [3.05, 3.63) is 163 Å². The Balaban J connectivity index is 0.000000173. The predicted molar refractivity (Wildman–Crippen MR) is 225 cm³/mol. The molecule has 0 N–H and O–H groups in total. The maximum Gasteiger partial charge on any atom is 0.352 e. The molecule has 6 nitrogen and oxygen atoms in total. The third-order valence-electron chi connectivity index (χ3n) is 10.4. The van der Waals surface area contributed by atoms with Gasteiger partial charge in [0.2, 0.25) is 0 Å². The first-order valence-electron chi connectivity index (χ1n) is 18.9. The van der Waals surface area contributed by atoms with Gasteiger partial charge < -0.3 is 9.38 Å². The fourth-order valence-electron chi connectivity index (χ4n) is 7.71. The molecule has 7 aromatic rings. The number of para-hydroxylation sites is 3. The number of hydrogen-bond donors (Lipinski definition) is 0. The van der Waals surface area contributed by atoms with E-state index in [0.29, 0.717) is 11.8 Å². The average Bonchev–Trinajstić information content (AvgIpc) is 3.76. The quantitative estimate of drug-likeness (QED) is 0.128. The van der Waals surface area contributed by atoms with E-state index < -0.39 is 0 Å². The van der Waals surface area contributed by atoms with E-state index in [0.717, 1.165) is 34.1 Å². The van der Waals surface area contributed by atoms with Crippen LogP contribution in [0.1, 0.15) is 77.0 Å². The van der Waals surface area contributed by atoms with Gasteiger partial charge in [-0.15, -0.1) is 11.5 Å². The van der Waals surface area contributed by atoms with Gasteiger partial charge in [-0.05, 0) is 87.0 Å². The molecule has 277 valence electrons. The molecular formula is C47H45BIrN6-2. The molecule has 0 unspecified atom stereocenters. The molecule has 0 amide bonds. The van der Waals surface area contributed by atoms with Crippen LogP contribution < -0.4 is 11.1 Å². The average molecular weight is 897 g/mol. The Kier molecular flexibility index (Phi) is 10.7. The maximum absolute atomic E-state index is 4.95. The first-order chi connectivity index (χ1) is 26.1. The van der Waals surface area contributed by atoms with E-state index >= 15 is 0 Å². The van der Waals surface area contributed by atoms with Gasteiger partial charge in [0.15, 0.2) is 0 Å². The van der Waals surface area contributed by atoms with Crippen LogP contribution in [0.5, 0.6) is 0 Å². The van der Waals surface area contributed by atoms with Gasteiger partial charge in [-0.3, -0.25) is 4.68 Å². The molecule has 1 radical (unpaired) electrons. The van der Waals surface area contributed by atoms with Gasteiger partial charge in [0, 0.05) is 31.8 Å². The number of hydrogen-bond acceptors (Lipinski definition) is 4. The summed E-state index contributed by atoms with van der Waals surface area (Å²) in [6.45, 7) is 15.8. The normalized spacial score (nSPS) is 13.4. The predicted octanol–water partition coefficient (Wildman–Crippen LogP) is 9.73. The molecule has 0 saturated carbocycles. The minimum atomic E-state index is -0.0178. The minimum absolute atomic E-state index is 0. The summed E-state index contributed by atoms with van der Waals surface area (Å²) in [5.41, 5.74) is 10.7. The Labute approximate surface area is 338 Å². The third-order valence-corrected chi connectivity index (χ3v) is 10.4. The summed E-state index contributed by atoms with van der Waals surface area (Å²) in [6.07, 6.45) is 12.1. The van der Waals surface area contributed by atoms with Crippen molar-refractivity contribution < 1.29 is 20.1 Å². The van der Waals surface area contributed by atoms with Gasteiger partial charge in [-0.1, -0.05) is 96.5 Å². The van der Waals surface area contributed by atoms with Crippen LogP contribution in [0.4, 0.5) is 5.69 Å². The zero-order chi connectivity index (χ0) is 37.6. The molecule has 0 aliphatic carbocycles. The van der Waals surface area contributed by atoms with E-state index in [1.807, 2.05) is 59.5 Å². The Morgan fingerprint density at radius 1 is 0.764 bits per heavy atom. The van der Waals surface area contributed by atoms with E-state index in [4.69, 9.17) is 10.1 Å². The van der Waals surface area contributed by atoms with Crippen LogP contribution >= 0.6 is 0 Å². The van der Waals surface area contributed by atoms with Crippen LogP contribution in [-0.2, 0) is 25.5 Å². The Bertz CT molecular complexity index is 2490. The van der Waals surface area contributed by atoms with Gasteiger partial charge in [-0.2, -0.15) is 53.6 Å². The minimum Gasteiger partial charge on any atom is -0.366 e. The van der Waals surface area contributed by atoms with Crippen molar-refractivity contribution in [1.29, 1.82) is 0 Å². The fraction of sp³-hybridized carbons (Fsp3) is 0.213. The molecule has 55 heavy (non-hydrogen) atoms. The summed E-state index contributed by atoms with van der Waals surface area (Å²) in [6, 6.07) is 40.4. The number of amidine groups is 1. The van der Waals surface area contributed by atoms with Crippen LogP contribution in [0.3, 0.4) is 0 Å². The number of benzene rings is 4. The summed E-state index contributed by atoms with van der Waals surface area (Å²) in [5.74, 6) is 2.71. The largest absolute Gasteiger partial charge is 0.366 e. The zero-order valence-corrected chi connectivity index (χ0v) is 34.8. The van der Waals surface area contributed by atoms with Gasteiger partial charge in [0.1, 0.15) is 17.3 Å². The Hall–Kier alpha value is -5.30. The standard InChI is InChI=1S/C26H26BN4.C21H19N2.Ir/c1-18(2)21-13-10-14-22(19(3)4)25(21)27-26-23(29-24-15-8-9-16-30(24)27)17-28-31(26)20-11-6-5-7-12-20;1-21(2,3)15-12-13-22-20(14-15)23-18-10-6-4-8-16(18)17-9-5-7-11-19(17)23;/h5-11,13-19H,1-4H3;4-10,12-14H,1-3H3;/q2*-1;. The molecule has 0 spiro atoms. The molecule has 0 atom stereocenters. The first kappa shape index (κ1) is 38.0. The number of aliphatic imine (C=N–C) groups is 1. The number of nitrogens with zero attached hydrogens (tertiary/aromatic N) is 6. The molecule has 0 bridgehead atoms. The molecule has 8 heteroatoms.